The fourth-order valence-electron chi connectivity index (χ4n) is 1.54. The molecule has 1 aromatic heterocycles. The molecule has 5 nitrogen and oxygen atoms in total. The van der Waals surface area contributed by atoms with Gasteiger partial charge in [-0.1, -0.05) is 6.92 Å². The molecule has 0 saturated heterocycles. The Morgan fingerprint density at radius 3 is 2.88 bits per heavy atom. The van der Waals surface area contributed by atoms with Gasteiger partial charge < -0.3 is 10.5 Å². The van der Waals surface area contributed by atoms with Crippen molar-refractivity contribution >= 4 is 0 Å². The van der Waals surface area contributed by atoms with Crippen molar-refractivity contribution in [3.8, 4) is 0 Å². The molecule has 1 rings (SSSR count). The van der Waals surface area contributed by atoms with Crippen LogP contribution in [0.15, 0.2) is 12.4 Å². The fourth-order valence-corrected chi connectivity index (χ4v) is 1.54. The Labute approximate surface area is 97.2 Å². The summed E-state index contributed by atoms with van der Waals surface area (Å²) in [5.41, 5.74) is 6.59. The van der Waals surface area contributed by atoms with E-state index in [4.69, 9.17) is 10.5 Å². The molecule has 92 valence electrons. The highest BCUT2D eigenvalue weighted by Gasteiger charge is 2.04. The highest BCUT2D eigenvalue weighted by Crippen LogP contribution is 2.02. The molecule has 1 aromatic rings. The van der Waals surface area contributed by atoms with Crippen LogP contribution in [-0.2, 0) is 18.3 Å². The van der Waals surface area contributed by atoms with E-state index in [1.807, 2.05) is 24.1 Å². The molecule has 5 heteroatoms. The molecule has 0 aliphatic carbocycles. The smallest absolute Gasteiger partial charge is 0.0594 e. The summed E-state index contributed by atoms with van der Waals surface area (Å²) in [6.45, 7) is 7.01. The number of rotatable bonds is 8. The maximum Gasteiger partial charge on any atom is 0.0594 e. The summed E-state index contributed by atoms with van der Waals surface area (Å²) in [5, 5.41) is 4.16. The van der Waals surface area contributed by atoms with Gasteiger partial charge in [-0.2, -0.15) is 5.10 Å². The van der Waals surface area contributed by atoms with Crippen LogP contribution in [-0.4, -0.2) is 47.5 Å². The summed E-state index contributed by atoms with van der Waals surface area (Å²) in [4.78, 5) is 2.33. The zero-order valence-electron chi connectivity index (χ0n) is 10.2. The van der Waals surface area contributed by atoms with Crippen molar-refractivity contribution in [2.24, 2.45) is 12.8 Å². The first-order chi connectivity index (χ1) is 7.76. The largest absolute Gasteiger partial charge is 0.379 e. The first kappa shape index (κ1) is 13.2. The highest BCUT2D eigenvalue weighted by atomic mass is 16.5. The lowest BCUT2D eigenvalue weighted by Gasteiger charge is -2.19. The number of aryl methyl sites for hydroxylation is 1. The molecule has 0 atom stereocenters. The Morgan fingerprint density at radius 1 is 1.50 bits per heavy atom. The minimum absolute atomic E-state index is 0.592. The van der Waals surface area contributed by atoms with Crippen LogP contribution in [0.2, 0.25) is 0 Å². The van der Waals surface area contributed by atoms with Crippen molar-refractivity contribution in [3.05, 3.63) is 18.0 Å². The van der Waals surface area contributed by atoms with E-state index in [1.165, 1.54) is 5.56 Å². The van der Waals surface area contributed by atoms with E-state index < -0.39 is 0 Å². The third-order valence-corrected chi connectivity index (χ3v) is 2.43. The molecule has 0 amide bonds. The average molecular weight is 226 g/mol. The topological polar surface area (TPSA) is 56.3 Å². The van der Waals surface area contributed by atoms with Gasteiger partial charge in [0.1, 0.15) is 0 Å². The zero-order chi connectivity index (χ0) is 11.8. The van der Waals surface area contributed by atoms with Gasteiger partial charge in [-0.3, -0.25) is 9.58 Å². The fraction of sp³-hybridized carbons (Fsp3) is 0.727. The lowest BCUT2D eigenvalue weighted by Crippen LogP contribution is -2.27. The standard InChI is InChI=1S/C11H22N4O/c1-3-15(5-7-16-6-4-12)10-11-8-13-14(2)9-11/h8-9H,3-7,10,12H2,1-2H3. The summed E-state index contributed by atoms with van der Waals surface area (Å²) in [5.74, 6) is 0. The van der Waals surface area contributed by atoms with Crippen LogP contribution in [0.4, 0.5) is 0 Å². The average Bonchev–Trinajstić information content (AvgIpc) is 2.68. The second kappa shape index (κ2) is 7.38. The number of hydrogen-bond acceptors (Lipinski definition) is 4. The molecule has 0 saturated carbocycles. The van der Waals surface area contributed by atoms with Crippen molar-refractivity contribution in [2.45, 2.75) is 13.5 Å². The van der Waals surface area contributed by atoms with Crippen molar-refractivity contribution in [1.82, 2.24) is 14.7 Å². The second-order valence-corrected chi connectivity index (χ2v) is 3.79. The second-order valence-electron chi connectivity index (χ2n) is 3.79. The molecule has 0 aliphatic rings. The third-order valence-electron chi connectivity index (χ3n) is 2.43. The molecule has 0 radical (unpaired) electrons. The van der Waals surface area contributed by atoms with Gasteiger partial charge in [0.25, 0.3) is 0 Å². The van der Waals surface area contributed by atoms with Crippen molar-refractivity contribution in [2.75, 3.05) is 32.8 Å². The predicted octanol–water partition coefficient (Wildman–Crippen LogP) is 0.217. The van der Waals surface area contributed by atoms with Gasteiger partial charge in [-0.25, -0.2) is 0 Å². The van der Waals surface area contributed by atoms with E-state index in [0.717, 1.165) is 26.2 Å². The number of aromatic nitrogens is 2. The molecule has 16 heavy (non-hydrogen) atoms. The van der Waals surface area contributed by atoms with E-state index in [2.05, 4.69) is 16.9 Å². The number of nitrogens with zero attached hydrogens (tertiary/aromatic N) is 3. The lowest BCUT2D eigenvalue weighted by molar-refractivity contribution is 0.108. The Kier molecular flexibility index (Phi) is 6.07. The van der Waals surface area contributed by atoms with E-state index >= 15 is 0 Å². The van der Waals surface area contributed by atoms with Gasteiger partial charge in [-0.05, 0) is 6.54 Å². The van der Waals surface area contributed by atoms with E-state index in [9.17, 15) is 0 Å². The van der Waals surface area contributed by atoms with Crippen LogP contribution < -0.4 is 5.73 Å². The first-order valence-electron chi connectivity index (χ1n) is 5.74. The van der Waals surface area contributed by atoms with Crippen LogP contribution in [0, 0.1) is 0 Å². The molecule has 0 aromatic carbocycles. The number of ether oxygens (including phenoxy) is 1. The third kappa shape index (κ3) is 4.74. The predicted molar refractivity (Wildman–Crippen MR) is 64.0 cm³/mol. The van der Waals surface area contributed by atoms with Crippen molar-refractivity contribution in [1.29, 1.82) is 0 Å². The molecular formula is C11H22N4O. The highest BCUT2D eigenvalue weighted by molar-refractivity contribution is 5.03. The number of likely N-dealkylation sites (N-methyl/N-ethyl adjacent to an activating group) is 1. The molecule has 2 N–H and O–H groups in total. The summed E-state index contributed by atoms with van der Waals surface area (Å²) in [6.07, 6.45) is 3.95. The van der Waals surface area contributed by atoms with Crippen molar-refractivity contribution < 1.29 is 4.74 Å². The van der Waals surface area contributed by atoms with Crippen LogP contribution in [0.5, 0.6) is 0 Å². The van der Waals surface area contributed by atoms with Gasteiger partial charge in [-0.15, -0.1) is 0 Å². The maximum absolute atomic E-state index is 5.37. The zero-order valence-corrected chi connectivity index (χ0v) is 10.2. The van der Waals surface area contributed by atoms with Gasteiger partial charge in [0.2, 0.25) is 0 Å². The van der Waals surface area contributed by atoms with Crippen LogP contribution >= 0.6 is 0 Å². The SMILES string of the molecule is CCN(CCOCCN)Cc1cnn(C)c1. The Bertz CT molecular complexity index is 287. The summed E-state index contributed by atoms with van der Waals surface area (Å²) >= 11 is 0. The molecular weight excluding hydrogens is 204 g/mol. The number of hydrogen-bond donors (Lipinski definition) is 1. The van der Waals surface area contributed by atoms with Gasteiger partial charge in [0.05, 0.1) is 19.4 Å². The molecule has 0 bridgehead atoms. The van der Waals surface area contributed by atoms with Gasteiger partial charge in [0.15, 0.2) is 0 Å². The van der Waals surface area contributed by atoms with Crippen LogP contribution in [0.25, 0.3) is 0 Å². The van der Waals surface area contributed by atoms with Crippen LogP contribution in [0.3, 0.4) is 0 Å². The minimum atomic E-state index is 0.592. The molecule has 0 fully saturated rings. The van der Waals surface area contributed by atoms with Crippen LogP contribution in [0.1, 0.15) is 12.5 Å². The maximum atomic E-state index is 5.37. The quantitative estimate of drug-likeness (QED) is 0.644. The Morgan fingerprint density at radius 2 is 2.31 bits per heavy atom. The lowest BCUT2D eigenvalue weighted by atomic mass is 10.3. The van der Waals surface area contributed by atoms with Gasteiger partial charge in [0, 0.05) is 38.4 Å². The Balaban J connectivity index is 2.26. The normalized spacial score (nSPS) is 11.2. The molecule has 0 unspecified atom stereocenters. The summed E-state index contributed by atoms with van der Waals surface area (Å²) in [6, 6.07) is 0. The number of nitrogens with two attached hydrogens (primary N) is 1. The summed E-state index contributed by atoms with van der Waals surface area (Å²) in [7, 11) is 1.93. The monoisotopic (exact) mass is 226 g/mol. The molecule has 1 heterocycles. The van der Waals surface area contributed by atoms with E-state index in [0.29, 0.717) is 13.2 Å². The van der Waals surface area contributed by atoms with E-state index in [1.54, 1.807) is 0 Å². The molecule has 0 spiro atoms. The van der Waals surface area contributed by atoms with Gasteiger partial charge >= 0.3 is 0 Å². The summed E-state index contributed by atoms with van der Waals surface area (Å²) < 4.78 is 7.20. The molecule has 0 aliphatic heterocycles. The minimum Gasteiger partial charge on any atom is -0.379 e. The van der Waals surface area contributed by atoms with E-state index in [-0.39, 0.29) is 0 Å². The first-order valence-corrected chi connectivity index (χ1v) is 5.74. The van der Waals surface area contributed by atoms with Crippen molar-refractivity contribution in [3.63, 3.8) is 0 Å². The Hall–Kier alpha value is -0.910.